The third-order valence-corrected chi connectivity index (χ3v) is 3.62. The smallest absolute Gasteiger partial charge is 0.0967 e. The summed E-state index contributed by atoms with van der Waals surface area (Å²) in [6.45, 7) is 6.02. The number of hydrogen-bond donors (Lipinski definition) is 0. The fourth-order valence-corrected chi connectivity index (χ4v) is 2.38. The second-order valence-electron chi connectivity index (χ2n) is 5.31. The van der Waals surface area contributed by atoms with Gasteiger partial charge in [-0.1, -0.05) is 11.3 Å². The van der Waals surface area contributed by atoms with Crippen LogP contribution in [-0.4, -0.2) is 63.0 Å². The van der Waals surface area contributed by atoms with Crippen molar-refractivity contribution in [3.05, 3.63) is 42.0 Å². The lowest BCUT2D eigenvalue weighted by Gasteiger charge is -2.31. The van der Waals surface area contributed by atoms with Crippen LogP contribution in [-0.2, 0) is 13.1 Å². The molecule has 0 unspecified atom stereocenters. The minimum absolute atomic E-state index is 0.677. The maximum Gasteiger partial charge on any atom is 0.0967 e. The molecule has 0 bridgehead atoms. The minimum Gasteiger partial charge on any atom is -0.304 e. The normalized spacial score (nSPS) is 17.4. The third-order valence-electron chi connectivity index (χ3n) is 3.62. The van der Waals surface area contributed by atoms with Gasteiger partial charge >= 0.3 is 0 Å². The van der Waals surface area contributed by atoms with Gasteiger partial charge in [0.1, 0.15) is 0 Å². The first-order valence-electron chi connectivity index (χ1n) is 6.99. The van der Waals surface area contributed by atoms with Crippen molar-refractivity contribution >= 4 is 0 Å². The van der Waals surface area contributed by atoms with Crippen molar-refractivity contribution in [1.82, 2.24) is 29.8 Å². The Morgan fingerprint density at radius 1 is 1.05 bits per heavy atom. The molecule has 3 heterocycles. The standard InChI is InChI=1S/C14H20N6/c1-18-6-8-19(9-7-18)10-14-12-20(17-16-14)11-13-4-2-3-5-15-13/h2-5,12H,6-11H2,1H3. The van der Waals surface area contributed by atoms with Gasteiger partial charge in [0.25, 0.3) is 0 Å². The van der Waals surface area contributed by atoms with Crippen LogP contribution in [0.25, 0.3) is 0 Å². The van der Waals surface area contributed by atoms with E-state index in [1.54, 1.807) is 6.20 Å². The van der Waals surface area contributed by atoms with Crippen molar-refractivity contribution in [1.29, 1.82) is 0 Å². The molecule has 0 radical (unpaired) electrons. The van der Waals surface area contributed by atoms with E-state index in [0.717, 1.165) is 44.1 Å². The first-order chi connectivity index (χ1) is 9.79. The molecule has 6 nitrogen and oxygen atoms in total. The first kappa shape index (κ1) is 13.2. The van der Waals surface area contributed by atoms with Crippen molar-refractivity contribution in [2.24, 2.45) is 0 Å². The Labute approximate surface area is 119 Å². The molecule has 0 spiro atoms. The summed E-state index contributed by atoms with van der Waals surface area (Å²) in [5, 5.41) is 8.44. The first-order valence-corrected chi connectivity index (χ1v) is 6.99. The van der Waals surface area contributed by atoms with Gasteiger partial charge in [0, 0.05) is 38.9 Å². The Morgan fingerprint density at radius 2 is 1.90 bits per heavy atom. The highest BCUT2D eigenvalue weighted by Gasteiger charge is 2.15. The van der Waals surface area contributed by atoms with Gasteiger partial charge in [-0.05, 0) is 19.2 Å². The molecule has 1 aliphatic heterocycles. The largest absolute Gasteiger partial charge is 0.304 e. The average molecular weight is 272 g/mol. The van der Waals surface area contributed by atoms with Crippen LogP contribution in [0.5, 0.6) is 0 Å². The van der Waals surface area contributed by atoms with E-state index in [9.17, 15) is 0 Å². The summed E-state index contributed by atoms with van der Waals surface area (Å²) in [7, 11) is 2.17. The van der Waals surface area contributed by atoms with E-state index in [1.807, 2.05) is 29.1 Å². The topological polar surface area (TPSA) is 50.1 Å². The monoisotopic (exact) mass is 272 g/mol. The average Bonchev–Trinajstić information content (AvgIpc) is 2.90. The van der Waals surface area contributed by atoms with Gasteiger partial charge in [-0.15, -0.1) is 5.10 Å². The Kier molecular flexibility index (Phi) is 4.03. The van der Waals surface area contributed by atoms with E-state index < -0.39 is 0 Å². The van der Waals surface area contributed by atoms with E-state index in [2.05, 4.69) is 32.1 Å². The third kappa shape index (κ3) is 3.40. The molecular formula is C14H20N6. The Balaban J connectivity index is 1.57. The second kappa shape index (κ2) is 6.11. The molecule has 0 saturated carbocycles. The summed E-state index contributed by atoms with van der Waals surface area (Å²) < 4.78 is 1.85. The number of nitrogens with zero attached hydrogens (tertiary/aromatic N) is 6. The van der Waals surface area contributed by atoms with Crippen LogP contribution in [0, 0.1) is 0 Å². The molecule has 0 amide bonds. The number of aromatic nitrogens is 4. The molecule has 3 rings (SSSR count). The highest BCUT2D eigenvalue weighted by molar-refractivity contribution is 5.04. The molecule has 0 N–H and O–H groups in total. The highest BCUT2D eigenvalue weighted by Crippen LogP contribution is 2.06. The van der Waals surface area contributed by atoms with Crippen LogP contribution in [0.3, 0.4) is 0 Å². The van der Waals surface area contributed by atoms with Gasteiger partial charge in [0.15, 0.2) is 0 Å². The molecule has 2 aromatic heterocycles. The molecule has 1 fully saturated rings. The van der Waals surface area contributed by atoms with Gasteiger partial charge in [0.2, 0.25) is 0 Å². The number of piperazine rings is 1. The molecule has 0 aliphatic carbocycles. The quantitative estimate of drug-likeness (QED) is 0.810. The van der Waals surface area contributed by atoms with Gasteiger partial charge in [0.05, 0.1) is 24.1 Å². The van der Waals surface area contributed by atoms with E-state index >= 15 is 0 Å². The van der Waals surface area contributed by atoms with Crippen molar-refractivity contribution in [2.75, 3.05) is 33.2 Å². The zero-order valence-corrected chi connectivity index (χ0v) is 11.8. The molecule has 6 heteroatoms. The van der Waals surface area contributed by atoms with Crippen LogP contribution in [0.2, 0.25) is 0 Å². The summed E-state index contributed by atoms with van der Waals surface area (Å²) in [5.74, 6) is 0. The van der Waals surface area contributed by atoms with E-state index in [-0.39, 0.29) is 0 Å². The SMILES string of the molecule is CN1CCN(Cc2cn(Cc3ccccn3)nn2)CC1. The van der Waals surface area contributed by atoms with E-state index in [0.29, 0.717) is 6.54 Å². The molecule has 2 aromatic rings. The Hall–Kier alpha value is -1.79. The zero-order chi connectivity index (χ0) is 13.8. The predicted octanol–water partition coefficient (Wildman–Crippen LogP) is 0.469. The summed E-state index contributed by atoms with van der Waals surface area (Å²) in [6, 6.07) is 5.91. The van der Waals surface area contributed by atoms with Gasteiger partial charge in [-0.25, -0.2) is 4.68 Å². The van der Waals surface area contributed by atoms with E-state index in [1.165, 1.54) is 0 Å². The van der Waals surface area contributed by atoms with E-state index in [4.69, 9.17) is 0 Å². The fourth-order valence-electron chi connectivity index (χ4n) is 2.38. The molecule has 1 saturated heterocycles. The number of rotatable bonds is 4. The van der Waals surface area contributed by atoms with Crippen molar-refractivity contribution in [3.8, 4) is 0 Å². The predicted molar refractivity (Wildman–Crippen MR) is 76.1 cm³/mol. The van der Waals surface area contributed by atoms with Gasteiger partial charge in [-0.3, -0.25) is 9.88 Å². The summed E-state index contributed by atoms with van der Waals surface area (Å²) in [4.78, 5) is 9.08. The maximum atomic E-state index is 4.30. The number of pyridine rings is 1. The number of hydrogen-bond acceptors (Lipinski definition) is 5. The van der Waals surface area contributed by atoms with Crippen LogP contribution in [0.4, 0.5) is 0 Å². The minimum atomic E-state index is 0.677. The lowest BCUT2D eigenvalue weighted by atomic mass is 10.3. The summed E-state index contributed by atoms with van der Waals surface area (Å²) >= 11 is 0. The summed E-state index contributed by atoms with van der Waals surface area (Å²) in [5.41, 5.74) is 2.04. The molecule has 1 aliphatic rings. The second-order valence-corrected chi connectivity index (χ2v) is 5.31. The van der Waals surface area contributed by atoms with Gasteiger partial charge < -0.3 is 4.90 Å². The van der Waals surface area contributed by atoms with Crippen molar-refractivity contribution in [2.45, 2.75) is 13.1 Å². The Bertz CT molecular complexity index is 530. The zero-order valence-electron chi connectivity index (χ0n) is 11.8. The molecule has 0 aromatic carbocycles. The van der Waals surface area contributed by atoms with Crippen molar-refractivity contribution < 1.29 is 0 Å². The van der Waals surface area contributed by atoms with Crippen LogP contribution < -0.4 is 0 Å². The van der Waals surface area contributed by atoms with Gasteiger partial charge in [-0.2, -0.15) is 0 Å². The maximum absolute atomic E-state index is 4.30. The molecule has 20 heavy (non-hydrogen) atoms. The molecule has 106 valence electrons. The lowest BCUT2D eigenvalue weighted by molar-refractivity contribution is 0.147. The molecular weight excluding hydrogens is 252 g/mol. The van der Waals surface area contributed by atoms with Crippen LogP contribution in [0.1, 0.15) is 11.4 Å². The number of likely N-dealkylation sites (N-methyl/N-ethyl adjacent to an activating group) is 1. The van der Waals surface area contributed by atoms with Crippen LogP contribution >= 0.6 is 0 Å². The lowest BCUT2D eigenvalue weighted by Crippen LogP contribution is -2.43. The molecule has 0 atom stereocenters. The summed E-state index contributed by atoms with van der Waals surface area (Å²) in [6.07, 6.45) is 3.82. The van der Waals surface area contributed by atoms with Crippen molar-refractivity contribution in [3.63, 3.8) is 0 Å². The Morgan fingerprint density at radius 3 is 2.65 bits per heavy atom. The highest BCUT2D eigenvalue weighted by atomic mass is 15.4. The van der Waals surface area contributed by atoms with Crippen LogP contribution in [0.15, 0.2) is 30.6 Å². The fraction of sp³-hybridized carbons (Fsp3) is 0.500.